The van der Waals surface area contributed by atoms with Crippen LogP contribution in [0.3, 0.4) is 0 Å². The van der Waals surface area contributed by atoms with Gasteiger partial charge in [-0.05, 0) is 40.6 Å². The van der Waals surface area contributed by atoms with Crippen LogP contribution in [0.2, 0.25) is 0 Å². The van der Waals surface area contributed by atoms with E-state index >= 15 is 0 Å². The maximum atomic E-state index is 12.6. The minimum Gasteiger partial charge on any atom is -0.497 e. The fourth-order valence-corrected chi connectivity index (χ4v) is 3.42. The molecule has 140 valence electrons. The highest BCUT2D eigenvalue weighted by atomic mass is 16.5. The second-order valence-electron chi connectivity index (χ2n) is 6.46. The Hall–Kier alpha value is -3.60. The topological polar surface area (TPSA) is 64.2 Å². The third-order valence-electron chi connectivity index (χ3n) is 4.84. The summed E-state index contributed by atoms with van der Waals surface area (Å²) in [6, 6.07) is 21.8. The van der Waals surface area contributed by atoms with E-state index < -0.39 is 5.97 Å². The summed E-state index contributed by atoms with van der Waals surface area (Å²) >= 11 is 0. The van der Waals surface area contributed by atoms with Gasteiger partial charge in [0.2, 0.25) is 0 Å². The number of hydrogen-bond donors (Lipinski definition) is 1. The minimum absolute atomic E-state index is 0.408. The Morgan fingerprint density at radius 3 is 2.46 bits per heavy atom. The molecule has 1 heterocycles. The van der Waals surface area contributed by atoms with Crippen molar-refractivity contribution < 1.29 is 14.3 Å². The number of methoxy groups -OCH3 is 2. The second kappa shape index (κ2) is 7.56. The second-order valence-corrected chi connectivity index (χ2v) is 6.46. The molecule has 0 spiro atoms. The molecule has 0 amide bonds. The van der Waals surface area contributed by atoms with E-state index in [1.807, 2.05) is 42.5 Å². The van der Waals surface area contributed by atoms with Gasteiger partial charge in [-0.15, -0.1) is 0 Å². The molecule has 1 aromatic heterocycles. The number of hydrogen-bond acceptors (Lipinski definition) is 4. The number of aromatic nitrogens is 2. The normalized spacial score (nSPS) is 10.8. The van der Waals surface area contributed by atoms with Crippen LogP contribution < -0.4 is 4.74 Å². The van der Waals surface area contributed by atoms with Gasteiger partial charge in [-0.1, -0.05) is 42.5 Å². The molecule has 4 aromatic rings. The molecule has 0 fully saturated rings. The van der Waals surface area contributed by atoms with Crippen molar-refractivity contribution in [2.45, 2.75) is 6.42 Å². The molecular weight excluding hydrogens is 352 g/mol. The zero-order valence-electron chi connectivity index (χ0n) is 15.7. The number of ether oxygens (including phenoxy) is 2. The molecule has 4 rings (SSSR count). The number of esters is 1. The summed E-state index contributed by atoms with van der Waals surface area (Å²) in [5, 5.41) is 9.78. The summed E-state index contributed by atoms with van der Waals surface area (Å²) in [4.78, 5) is 12.6. The van der Waals surface area contributed by atoms with Crippen LogP contribution in [-0.4, -0.2) is 30.4 Å². The van der Waals surface area contributed by atoms with Gasteiger partial charge in [-0.3, -0.25) is 5.10 Å². The number of nitrogens with zero attached hydrogens (tertiary/aromatic N) is 1. The van der Waals surface area contributed by atoms with E-state index in [0.717, 1.165) is 33.3 Å². The lowest BCUT2D eigenvalue weighted by Gasteiger charge is -2.08. The van der Waals surface area contributed by atoms with Crippen LogP contribution in [0.5, 0.6) is 5.75 Å². The highest BCUT2D eigenvalue weighted by molar-refractivity contribution is 5.97. The first kappa shape index (κ1) is 17.8. The SMILES string of the molecule is COC(=O)c1c(-c2ccc(OC)cc2)n[nH]c1Cc1cccc2ccccc12. The zero-order valence-corrected chi connectivity index (χ0v) is 15.7. The molecule has 0 radical (unpaired) electrons. The number of carbonyl (C=O) groups excluding carboxylic acids is 1. The van der Waals surface area contributed by atoms with E-state index in [0.29, 0.717) is 17.7 Å². The predicted octanol–water partition coefficient (Wildman–Crippen LogP) is 4.62. The van der Waals surface area contributed by atoms with E-state index in [-0.39, 0.29) is 0 Å². The summed E-state index contributed by atoms with van der Waals surface area (Å²) in [5.41, 5.74) is 3.70. The van der Waals surface area contributed by atoms with Crippen molar-refractivity contribution in [1.82, 2.24) is 10.2 Å². The van der Waals surface area contributed by atoms with Gasteiger partial charge in [0.05, 0.1) is 19.9 Å². The number of aromatic amines is 1. The quantitative estimate of drug-likeness (QED) is 0.519. The molecule has 0 aliphatic carbocycles. The summed E-state index contributed by atoms with van der Waals surface area (Å²) in [6.45, 7) is 0. The molecule has 0 unspecified atom stereocenters. The fourth-order valence-electron chi connectivity index (χ4n) is 3.42. The molecule has 28 heavy (non-hydrogen) atoms. The van der Waals surface area contributed by atoms with Gasteiger partial charge >= 0.3 is 5.97 Å². The zero-order chi connectivity index (χ0) is 19.5. The maximum absolute atomic E-state index is 12.6. The summed E-state index contributed by atoms with van der Waals surface area (Å²) in [6.07, 6.45) is 0.551. The average molecular weight is 372 g/mol. The van der Waals surface area contributed by atoms with E-state index in [9.17, 15) is 4.79 Å². The Balaban J connectivity index is 1.78. The monoisotopic (exact) mass is 372 g/mol. The molecule has 0 aliphatic rings. The van der Waals surface area contributed by atoms with Gasteiger partial charge in [-0.25, -0.2) is 4.79 Å². The largest absolute Gasteiger partial charge is 0.497 e. The fraction of sp³-hybridized carbons (Fsp3) is 0.130. The van der Waals surface area contributed by atoms with Gasteiger partial charge in [0.15, 0.2) is 0 Å². The van der Waals surface area contributed by atoms with Crippen LogP contribution in [0.4, 0.5) is 0 Å². The van der Waals surface area contributed by atoms with Crippen molar-refractivity contribution in [2.24, 2.45) is 0 Å². The first-order valence-electron chi connectivity index (χ1n) is 8.98. The van der Waals surface area contributed by atoms with Gasteiger partial charge in [0.25, 0.3) is 0 Å². The van der Waals surface area contributed by atoms with Crippen LogP contribution in [0.15, 0.2) is 66.7 Å². The number of carbonyl (C=O) groups is 1. The number of H-pyrrole nitrogens is 1. The Bertz CT molecular complexity index is 1130. The van der Waals surface area contributed by atoms with Crippen molar-refractivity contribution in [2.75, 3.05) is 14.2 Å². The lowest BCUT2D eigenvalue weighted by molar-refractivity contribution is 0.0600. The van der Waals surface area contributed by atoms with Crippen LogP contribution >= 0.6 is 0 Å². The van der Waals surface area contributed by atoms with Crippen LogP contribution in [0.1, 0.15) is 21.6 Å². The van der Waals surface area contributed by atoms with Crippen molar-refractivity contribution in [3.8, 4) is 17.0 Å². The number of nitrogens with one attached hydrogen (secondary N) is 1. The molecule has 0 saturated heterocycles. The molecule has 0 aliphatic heterocycles. The van der Waals surface area contributed by atoms with Crippen molar-refractivity contribution in [1.29, 1.82) is 0 Å². The van der Waals surface area contributed by atoms with Crippen molar-refractivity contribution >= 4 is 16.7 Å². The molecule has 0 saturated carbocycles. The first-order chi connectivity index (χ1) is 13.7. The number of rotatable bonds is 5. The average Bonchev–Trinajstić information content (AvgIpc) is 3.17. The Labute approximate surface area is 162 Å². The van der Waals surface area contributed by atoms with Crippen LogP contribution in [0, 0.1) is 0 Å². The smallest absolute Gasteiger partial charge is 0.342 e. The molecule has 1 N–H and O–H groups in total. The van der Waals surface area contributed by atoms with Gasteiger partial charge in [0.1, 0.15) is 17.0 Å². The lowest BCUT2D eigenvalue weighted by atomic mass is 9.98. The predicted molar refractivity (Wildman–Crippen MR) is 109 cm³/mol. The molecule has 3 aromatic carbocycles. The number of benzene rings is 3. The van der Waals surface area contributed by atoms with Crippen molar-refractivity contribution in [3.63, 3.8) is 0 Å². The van der Waals surface area contributed by atoms with Gasteiger partial charge < -0.3 is 9.47 Å². The standard InChI is InChI=1S/C23H20N2O3/c1-27-18-12-10-16(11-13-18)22-21(23(26)28-2)20(24-25-22)14-17-8-5-7-15-6-3-4-9-19(15)17/h3-13H,14H2,1-2H3,(H,24,25). The molecule has 0 bridgehead atoms. The molecule has 0 atom stereocenters. The first-order valence-corrected chi connectivity index (χ1v) is 8.98. The van der Waals surface area contributed by atoms with Crippen LogP contribution in [0.25, 0.3) is 22.0 Å². The van der Waals surface area contributed by atoms with Gasteiger partial charge in [0, 0.05) is 12.0 Å². The van der Waals surface area contributed by atoms with E-state index in [1.54, 1.807) is 7.11 Å². The Morgan fingerprint density at radius 1 is 0.964 bits per heavy atom. The third-order valence-corrected chi connectivity index (χ3v) is 4.84. The Kier molecular flexibility index (Phi) is 4.81. The van der Waals surface area contributed by atoms with Crippen molar-refractivity contribution in [3.05, 3.63) is 83.6 Å². The van der Waals surface area contributed by atoms with Crippen LogP contribution in [-0.2, 0) is 11.2 Å². The highest BCUT2D eigenvalue weighted by Gasteiger charge is 2.23. The van der Waals surface area contributed by atoms with E-state index in [2.05, 4.69) is 34.5 Å². The third kappa shape index (κ3) is 3.22. The van der Waals surface area contributed by atoms with E-state index in [4.69, 9.17) is 9.47 Å². The van der Waals surface area contributed by atoms with Gasteiger partial charge in [-0.2, -0.15) is 5.10 Å². The Morgan fingerprint density at radius 2 is 1.71 bits per heavy atom. The van der Waals surface area contributed by atoms with E-state index in [1.165, 1.54) is 7.11 Å². The summed E-state index contributed by atoms with van der Waals surface area (Å²) in [5.74, 6) is 0.338. The maximum Gasteiger partial charge on any atom is 0.342 e. The number of fused-ring (bicyclic) bond motifs is 1. The lowest BCUT2D eigenvalue weighted by Crippen LogP contribution is -2.06. The molecule has 5 nitrogen and oxygen atoms in total. The molecule has 5 heteroatoms. The highest BCUT2D eigenvalue weighted by Crippen LogP contribution is 2.29. The summed E-state index contributed by atoms with van der Waals surface area (Å²) < 4.78 is 10.3. The minimum atomic E-state index is -0.408. The molecular formula is C23H20N2O3. The summed E-state index contributed by atoms with van der Waals surface area (Å²) in [7, 11) is 3.00.